The normalized spacial score (nSPS) is 17.3. The lowest BCUT2D eigenvalue weighted by Crippen LogP contribution is -2.38. The average molecular weight is 321 g/mol. The topological polar surface area (TPSA) is 58.4 Å². The van der Waals surface area contributed by atoms with Crippen molar-refractivity contribution in [2.24, 2.45) is 0 Å². The Hall–Kier alpha value is -2.82. The smallest absolute Gasteiger partial charge is 0.317 e. The van der Waals surface area contributed by atoms with Crippen molar-refractivity contribution in [2.75, 3.05) is 13.1 Å². The first-order valence-electron chi connectivity index (χ1n) is 8.22. The number of benzene rings is 2. The Bertz CT molecular complexity index is 844. The summed E-state index contributed by atoms with van der Waals surface area (Å²) in [7, 11) is 0. The van der Waals surface area contributed by atoms with Gasteiger partial charge in [-0.2, -0.15) is 0 Å². The number of hydrogen-bond donors (Lipinski definition) is 1. The van der Waals surface area contributed by atoms with Crippen molar-refractivity contribution in [2.45, 2.75) is 18.9 Å². The van der Waals surface area contributed by atoms with E-state index in [0.717, 1.165) is 36.2 Å². The fraction of sp³-hybridized carbons (Fsp3) is 0.263. The molecule has 3 aromatic rings. The van der Waals surface area contributed by atoms with Gasteiger partial charge in [-0.3, -0.25) is 0 Å². The number of nitrogens with zero attached hydrogens (tertiary/aromatic N) is 2. The number of carbonyl (C=O) groups is 1. The van der Waals surface area contributed by atoms with E-state index in [1.54, 1.807) is 0 Å². The van der Waals surface area contributed by atoms with E-state index in [1.807, 2.05) is 47.4 Å². The second kappa shape index (κ2) is 6.35. The lowest BCUT2D eigenvalue weighted by atomic mass is 9.99. The van der Waals surface area contributed by atoms with Gasteiger partial charge in [-0.15, -0.1) is 0 Å². The molecule has 122 valence electrons. The Morgan fingerprint density at radius 3 is 2.83 bits per heavy atom. The van der Waals surface area contributed by atoms with Gasteiger partial charge in [0.05, 0.1) is 6.54 Å². The Kier molecular flexibility index (Phi) is 3.91. The molecule has 1 saturated heterocycles. The summed E-state index contributed by atoms with van der Waals surface area (Å²) in [5, 5.41) is 7.95. The van der Waals surface area contributed by atoms with Gasteiger partial charge in [-0.25, -0.2) is 4.79 Å². The first-order chi connectivity index (χ1) is 11.8. The molecule has 5 heteroatoms. The zero-order valence-corrected chi connectivity index (χ0v) is 13.3. The molecule has 1 unspecified atom stereocenters. The molecule has 0 saturated carbocycles. The van der Waals surface area contributed by atoms with Gasteiger partial charge in [0, 0.05) is 24.4 Å². The summed E-state index contributed by atoms with van der Waals surface area (Å²) in [4.78, 5) is 14.3. The van der Waals surface area contributed by atoms with Gasteiger partial charge in [0.1, 0.15) is 5.69 Å². The minimum Gasteiger partial charge on any atom is -0.356 e. The molecule has 5 nitrogen and oxygen atoms in total. The highest BCUT2D eigenvalue weighted by atomic mass is 16.5. The van der Waals surface area contributed by atoms with E-state index in [2.05, 4.69) is 22.6 Å². The van der Waals surface area contributed by atoms with Crippen LogP contribution in [0, 0.1) is 0 Å². The zero-order valence-electron chi connectivity index (χ0n) is 13.3. The standard InChI is InChI=1S/C19H19N3O2/c23-19(20-12-17-16-8-4-5-9-18(16)24-21-17)22-11-10-15(13-22)14-6-2-1-3-7-14/h1-9,15H,10-13H2,(H,20,23). The number of amides is 2. The number of likely N-dealkylation sites (tertiary alicyclic amines) is 1. The zero-order chi connectivity index (χ0) is 16.4. The maximum atomic E-state index is 12.4. The van der Waals surface area contributed by atoms with Crippen molar-refractivity contribution in [1.29, 1.82) is 0 Å². The lowest BCUT2D eigenvalue weighted by molar-refractivity contribution is 0.207. The summed E-state index contributed by atoms with van der Waals surface area (Å²) in [6.07, 6.45) is 1.00. The van der Waals surface area contributed by atoms with Gasteiger partial charge in [-0.1, -0.05) is 47.6 Å². The molecule has 1 N–H and O–H groups in total. The molecular formula is C19H19N3O2. The first kappa shape index (κ1) is 14.8. The summed E-state index contributed by atoms with van der Waals surface area (Å²) >= 11 is 0. The van der Waals surface area contributed by atoms with Crippen molar-refractivity contribution < 1.29 is 9.32 Å². The van der Waals surface area contributed by atoms with E-state index in [9.17, 15) is 4.79 Å². The second-order valence-electron chi connectivity index (χ2n) is 6.13. The van der Waals surface area contributed by atoms with E-state index in [1.165, 1.54) is 5.56 Å². The molecule has 1 atom stereocenters. The van der Waals surface area contributed by atoms with Crippen LogP contribution in [-0.4, -0.2) is 29.2 Å². The van der Waals surface area contributed by atoms with E-state index in [0.29, 0.717) is 12.5 Å². The van der Waals surface area contributed by atoms with Crippen LogP contribution >= 0.6 is 0 Å². The minimum atomic E-state index is -0.0412. The maximum Gasteiger partial charge on any atom is 0.317 e. The Labute approximate surface area is 140 Å². The number of aromatic nitrogens is 1. The van der Waals surface area contributed by atoms with Crippen LogP contribution in [0.1, 0.15) is 23.6 Å². The molecule has 4 rings (SSSR count). The van der Waals surface area contributed by atoms with Crippen molar-refractivity contribution in [3.8, 4) is 0 Å². The summed E-state index contributed by atoms with van der Waals surface area (Å²) in [5.41, 5.74) is 2.81. The summed E-state index contributed by atoms with van der Waals surface area (Å²) in [6, 6.07) is 18.0. The molecule has 1 aliphatic rings. The quantitative estimate of drug-likeness (QED) is 0.803. The lowest BCUT2D eigenvalue weighted by Gasteiger charge is -2.17. The second-order valence-corrected chi connectivity index (χ2v) is 6.13. The van der Waals surface area contributed by atoms with Gasteiger partial charge in [0.15, 0.2) is 5.58 Å². The highest BCUT2D eigenvalue weighted by Crippen LogP contribution is 2.27. The molecule has 2 aromatic carbocycles. The van der Waals surface area contributed by atoms with Crippen LogP contribution in [0.5, 0.6) is 0 Å². The maximum absolute atomic E-state index is 12.4. The number of fused-ring (bicyclic) bond motifs is 1. The number of carbonyl (C=O) groups excluding carboxylic acids is 1. The van der Waals surface area contributed by atoms with Gasteiger partial charge >= 0.3 is 6.03 Å². The average Bonchev–Trinajstić information content (AvgIpc) is 3.28. The molecule has 1 fully saturated rings. The van der Waals surface area contributed by atoms with Crippen LogP contribution in [0.15, 0.2) is 59.1 Å². The van der Waals surface area contributed by atoms with Crippen molar-refractivity contribution in [3.63, 3.8) is 0 Å². The summed E-state index contributed by atoms with van der Waals surface area (Å²) < 4.78 is 5.27. The molecule has 24 heavy (non-hydrogen) atoms. The largest absolute Gasteiger partial charge is 0.356 e. The summed E-state index contributed by atoms with van der Waals surface area (Å²) in [6.45, 7) is 1.92. The van der Waals surface area contributed by atoms with Gasteiger partial charge in [-0.05, 0) is 24.1 Å². The fourth-order valence-electron chi connectivity index (χ4n) is 3.28. The number of rotatable bonds is 3. The van der Waals surface area contributed by atoms with E-state index in [-0.39, 0.29) is 6.03 Å². The monoisotopic (exact) mass is 321 g/mol. The van der Waals surface area contributed by atoms with Gasteiger partial charge < -0.3 is 14.7 Å². The Morgan fingerprint density at radius 1 is 1.17 bits per heavy atom. The highest BCUT2D eigenvalue weighted by molar-refractivity contribution is 5.80. The Morgan fingerprint density at radius 2 is 1.96 bits per heavy atom. The van der Waals surface area contributed by atoms with Gasteiger partial charge in [0.2, 0.25) is 0 Å². The van der Waals surface area contributed by atoms with Gasteiger partial charge in [0.25, 0.3) is 0 Å². The van der Waals surface area contributed by atoms with E-state index >= 15 is 0 Å². The molecule has 0 spiro atoms. The molecule has 2 heterocycles. The molecule has 2 amide bonds. The van der Waals surface area contributed by atoms with Crippen LogP contribution < -0.4 is 5.32 Å². The summed E-state index contributed by atoms with van der Waals surface area (Å²) in [5.74, 6) is 0.421. The van der Waals surface area contributed by atoms with Crippen LogP contribution in [0.4, 0.5) is 4.79 Å². The van der Waals surface area contributed by atoms with Crippen LogP contribution in [0.3, 0.4) is 0 Å². The molecule has 0 aliphatic carbocycles. The highest BCUT2D eigenvalue weighted by Gasteiger charge is 2.27. The van der Waals surface area contributed by atoms with Crippen molar-refractivity contribution in [3.05, 3.63) is 65.9 Å². The molecule has 1 aromatic heterocycles. The SMILES string of the molecule is O=C(NCc1noc2ccccc12)N1CCC(c2ccccc2)C1. The third-order valence-electron chi connectivity index (χ3n) is 4.61. The van der Waals surface area contributed by atoms with E-state index in [4.69, 9.17) is 4.52 Å². The molecule has 0 bridgehead atoms. The van der Waals surface area contributed by atoms with Crippen LogP contribution in [-0.2, 0) is 6.54 Å². The number of urea groups is 1. The predicted octanol–water partition coefficient (Wildman–Crippen LogP) is 3.53. The number of hydrogen-bond acceptors (Lipinski definition) is 3. The number of nitrogens with one attached hydrogen (secondary N) is 1. The third-order valence-corrected chi connectivity index (χ3v) is 4.61. The molecular weight excluding hydrogens is 302 g/mol. The number of para-hydroxylation sites is 1. The van der Waals surface area contributed by atoms with Crippen molar-refractivity contribution in [1.82, 2.24) is 15.4 Å². The van der Waals surface area contributed by atoms with Crippen molar-refractivity contribution >= 4 is 17.0 Å². The third kappa shape index (κ3) is 2.85. The minimum absolute atomic E-state index is 0.0412. The molecule has 1 aliphatic heterocycles. The van der Waals surface area contributed by atoms with Crippen LogP contribution in [0.25, 0.3) is 11.0 Å². The first-order valence-corrected chi connectivity index (χ1v) is 8.22. The fourth-order valence-corrected chi connectivity index (χ4v) is 3.28. The molecule has 0 radical (unpaired) electrons. The Balaban J connectivity index is 1.37. The predicted molar refractivity (Wildman–Crippen MR) is 91.6 cm³/mol. The van der Waals surface area contributed by atoms with E-state index < -0.39 is 0 Å². The van der Waals surface area contributed by atoms with Crippen LogP contribution in [0.2, 0.25) is 0 Å².